The topological polar surface area (TPSA) is 57.5 Å². The van der Waals surface area contributed by atoms with E-state index in [2.05, 4.69) is 11.8 Å². The second kappa shape index (κ2) is 19.0. The lowest BCUT2D eigenvalue weighted by Crippen LogP contribution is -1.93. The standard InChI is InChI=1S/C20H36O3/c21-19-17-15-13-11-9-7-5-3-1-2-4-6-8-10-12-14-16-18-20(22)23/h21H,1-6,8,10-19H2,(H,22,23). The molecule has 0 unspecified atom stereocenters. The molecule has 0 aliphatic heterocycles. The molecule has 0 atom stereocenters. The summed E-state index contributed by atoms with van der Waals surface area (Å²) in [7, 11) is 0. The van der Waals surface area contributed by atoms with E-state index in [0.29, 0.717) is 13.0 Å². The van der Waals surface area contributed by atoms with Gasteiger partial charge in [-0.1, -0.05) is 57.8 Å². The monoisotopic (exact) mass is 324 g/mol. The molecule has 0 aliphatic rings. The van der Waals surface area contributed by atoms with E-state index in [1.807, 2.05) is 0 Å². The Morgan fingerprint density at radius 2 is 1.00 bits per heavy atom. The van der Waals surface area contributed by atoms with Crippen LogP contribution in [-0.4, -0.2) is 22.8 Å². The molecule has 0 saturated carbocycles. The number of carbonyl (C=O) groups is 1. The summed E-state index contributed by atoms with van der Waals surface area (Å²) in [5.74, 6) is 5.80. The van der Waals surface area contributed by atoms with Crippen LogP contribution in [0.2, 0.25) is 0 Å². The molecule has 0 fully saturated rings. The molecule has 0 rings (SSSR count). The summed E-state index contributed by atoms with van der Waals surface area (Å²) in [6.07, 6.45) is 17.5. The zero-order valence-electron chi connectivity index (χ0n) is 14.8. The van der Waals surface area contributed by atoms with Gasteiger partial charge in [0.2, 0.25) is 0 Å². The SMILES string of the molecule is O=C(O)CCCCCCCCCCCCC#CCCCCCO. The van der Waals surface area contributed by atoms with E-state index in [9.17, 15) is 4.79 Å². The second-order valence-corrected chi connectivity index (χ2v) is 6.32. The number of carboxylic acid groups (broad SMARTS) is 1. The summed E-state index contributed by atoms with van der Waals surface area (Å²) < 4.78 is 0. The first kappa shape index (κ1) is 22.0. The number of hydrogen-bond donors (Lipinski definition) is 2. The average Bonchev–Trinajstić information content (AvgIpc) is 2.53. The normalized spacial score (nSPS) is 10.3. The minimum atomic E-state index is -0.670. The highest BCUT2D eigenvalue weighted by atomic mass is 16.4. The lowest BCUT2D eigenvalue weighted by molar-refractivity contribution is -0.137. The molecule has 2 N–H and O–H groups in total. The molecule has 0 bridgehead atoms. The van der Waals surface area contributed by atoms with Gasteiger partial charge in [-0.25, -0.2) is 0 Å². The molecule has 0 saturated heterocycles. The van der Waals surface area contributed by atoms with Crippen LogP contribution < -0.4 is 0 Å². The molecule has 0 aliphatic carbocycles. The minimum Gasteiger partial charge on any atom is -0.481 e. The van der Waals surface area contributed by atoms with E-state index in [4.69, 9.17) is 10.2 Å². The van der Waals surface area contributed by atoms with Crippen molar-refractivity contribution in [3.05, 3.63) is 0 Å². The summed E-state index contributed by atoms with van der Waals surface area (Å²) in [6.45, 7) is 0.304. The number of carboxylic acids is 1. The van der Waals surface area contributed by atoms with Crippen molar-refractivity contribution in [2.24, 2.45) is 0 Å². The third kappa shape index (κ3) is 21.0. The number of aliphatic carboxylic acids is 1. The number of unbranched alkanes of at least 4 members (excludes halogenated alkanes) is 13. The van der Waals surface area contributed by atoms with Crippen molar-refractivity contribution in [1.29, 1.82) is 0 Å². The van der Waals surface area contributed by atoms with E-state index in [0.717, 1.165) is 44.9 Å². The van der Waals surface area contributed by atoms with Crippen LogP contribution in [0.25, 0.3) is 0 Å². The lowest BCUT2D eigenvalue weighted by Gasteiger charge is -2.01. The van der Waals surface area contributed by atoms with Crippen LogP contribution in [0.1, 0.15) is 103 Å². The van der Waals surface area contributed by atoms with Gasteiger partial charge < -0.3 is 10.2 Å². The van der Waals surface area contributed by atoms with Crippen LogP contribution in [0.5, 0.6) is 0 Å². The highest BCUT2D eigenvalue weighted by Gasteiger charge is 1.96. The second-order valence-electron chi connectivity index (χ2n) is 6.32. The van der Waals surface area contributed by atoms with E-state index in [1.165, 1.54) is 51.4 Å². The summed E-state index contributed by atoms with van der Waals surface area (Å²) >= 11 is 0. The van der Waals surface area contributed by atoms with Gasteiger partial charge in [-0.05, 0) is 25.7 Å². The molecule has 0 aromatic heterocycles. The van der Waals surface area contributed by atoms with Crippen molar-refractivity contribution in [2.45, 2.75) is 103 Å². The van der Waals surface area contributed by atoms with E-state index >= 15 is 0 Å². The Hall–Kier alpha value is -1.01. The Balaban J connectivity index is 3.08. The molecule has 0 aromatic rings. The predicted octanol–water partition coefficient (Wildman–Crippen LogP) is 5.31. The number of aliphatic hydroxyl groups is 1. The number of aliphatic hydroxyl groups excluding tert-OH is 1. The van der Waals surface area contributed by atoms with Gasteiger partial charge in [0.15, 0.2) is 0 Å². The van der Waals surface area contributed by atoms with Crippen LogP contribution in [0, 0.1) is 11.8 Å². The smallest absolute Gasteiger partial charge is 0.303 e. The van der Waals surface area contributed by atoms with Crippen molar-refractivity contribution in [3.8, 4) is 11.8 Å². The van der Waals surface area contributed by atoms with Gasteiger partial charge in [-0.15, -0.1) is 11.8 Å². The Kier molecular flexibility index (Phi) is 18.2. The third-order valence-electron chi connectivity index (χ3n) is 4.03. The van der Waals surface area contributed by atoms with Crippen molar-refractivity contribution in [1.82, 2.24) is 0 Å². The molecule has 3 heteroatoms. The first-order valence-electron chi connectivity index (χ1n) is 9.55. The molecule has 0 aromatic carbocycles. The molecule has 0 heterocycles. The Morgan fingerprint density at radius 3 is 1.43 bits per heavy atom. The zero-order chi connectivity index (χ0) is 17.0. The molecule has 0 radical (unpaired) electrons. The van der Waals surface area contributed by atoms with Crippen LogP contribution in [0.15, 0.2) is 0 Å². The minimum absolute atomic E-state index is 0.304. The fraction of sp³-hybridized carbons (Fsp3) is 0.850. The van der Waals surface area contributed by atoms with Crippen LogP contribution in [0.4, 0.5) is 0 Å². The van der Waals surface area contributed by atoms with E-state index < -0.39 is 5.97 Å². The summed E-state index contributed by atoms with van der Waals surface area (Å²) in [5.41, 5.74) is 0. The van der Waals surface area contributed by atoms with Gasteiger partial charge in [0.1, 0.15) is 0 Å². The lowest BCUT2D eigenvalue weighted by atomic mass is 10.1. The summed E-state index contributed by atoms with van der Waals surface area (Å²) in [5, 5.41) is 17.2. The largest absolute Gasteiger partial charge is 0.481 e. The first-order chi connectivity index (χ1) is 11.3. The fourth-order valence-electron chi connectivity index (χ4n) is 2.58. The quantitative estimate of drug-likeness (QED) is 0.299. The van der Waals surface area contributed by atoms with Gasteiger partial charge in [0.05, 0.1) is 0 Å². The van der Waals surface area contributed by atoms with E-state index in [-0.39, 0.29) is 0 Å². The third-order valence-corrected chi connectivity index (χ3v) is 4.03. The highest BCUT2D eigenvalue weighted by Crippen LogP contribution is 2.11. The maximum absolute atomic E-state index is 10.4. The molecular weight excluding hydrogens is 288 g/mol. The first-order valence-corrected chi connectivity index (χ1v) is 9.55. The molecule has 134 valence electrons. The van der Waals surface area contributed by atoms with Crippen molar-refractivity contribution < 1.29 is 15.0 Å². The maximum atomic E-state index is 10.4. The molecule has 0 spiro atoms. The predicted molar refractivity (Wildman–Crippen MR) is 96.4 cm³/mol. The van der Waals surface area contributed by atoms with Crippen molar-refractivity contribution >= 4 is 5.97 Å². The molecular formula is C20H36O3. The van der Waals surface area contributed by atoms with Gasteiger partial charge in [-0.3, -0.25) is 4.79 Å². The Labute approximate surface area is 142 Å². The van der Waals surface area contributed by atoms with Gasteiger partial charge in [0, 0.05) is 25.9 Å². The van der Waals surface area contributed by atoms with Gasteiger partial charge in [0.25, 0.3) is 0 Å². The van der Waals surface area contributed by atoms with Crippen LogP contribution in [0.3, 0.4) is 0 Å². The molecule has 23 heavy (non-hydrogen) atoms. The number of hydrogen-bond acceptors (Lipinski definition) is 2. The van der Waals surface area contributed by atoms with Crippen LogP contribution >= 0.6 is 0 Å². The highest BCUT2D eigenvalue weighted by molar-refractivity contribution is 5.66. The van der Waals surface area contributed by atoms with Gasteiger partial charge >= 0.3 is 5.97 Å². The molecule has 0 amide bonds. The van der Waals surface area contributed by atoms with E-state index in [1.54, 1.807) is 0 Å². The van der Waals surface area contributed by atoms with Crippen molar-refractivity contribution in [3.63, 3.8) is 0 Å². The van der Waals surface area contributed by atoms with Crippen molar-refractivity contribution in [2.75, 3.05) is 6.61 Å². The Bertz CT molecular complexity index is 315. The average molecular weight is 325 g/mol. The molecule has 3 nitrogen and oxygen atoms in total. The van der Waals surface area contributed by atoms with Crippen LogP contribution in [-0.2, 0) is 4.79 Å². The summed E-state index contributed by atoms with van der Waals surface area (Å²) in [4.78, 5) is 10.4. The van der Waals surface area contributed by atoms with Gasteiger partial charge in [-0.2, -0.15) is 0 Å². The fourth-order valence-corrected chi connectivity index (χ4v) is 2.58. The summed E-state index contributed by atoms with van der Waals surface area (Å²) in [6, 6.07) is 0. The number of rotatable bonds is 16. The maximum Gasteiger partial charge on any atom is 0.303 e. The zero-order valence-corrected chi connectivity index (χ0v) is 14.8. The Morgan fingerprint density at radius 1 is 0.609 bits per heavy atom.